The highest BCUT2D eigenvalue weighted by molar-refractivity contribution is 5.77. The van der Waals surface area contributed by atoms with E-state index in [1.165, 1.54) is 5.56 Å². The lowest BCUT2D eigenvalue weighted by Gasteiger charge is -2.42. The average molecular weight is 570 g/mol. The maximum Gasteiger partial charge on any atom is 0.237 e. The number of imidazole rings is 1. The van der Waals surface area contributed by atoms with Gasteiger partial charge in [0.05, 0.1) is 19.2 Å². The van der Waals surface area contributed by atoms with Gasteiger partial charge in [-0.15, -0.1) is 0 Å². The molecule has 11 nitrogen and oxygen atoms in total. The van der Waals surface area contributed by atoms with Crippen molar-refractivity contribution in [3.05, 3.63) is 84.1 Å². The molecule has 4 aromatic rings. The standard InChI is InChI=1S/C31H35N7O4/c1-21-14-29(35-31(33-21)37-11-10-32-19-37)38-13-12-36(17-23-4-7-26(40-3)8-5-23)18-25(38)16-30(39)34-22(2)24-6-9-27-28(15-24)42-20-41-27/h4-11,14-15,19,22,25H,12-13,16-18,20H2,1-3H3,(H,34,39). The number of carbonyl (C=O) groups is 1. The zero-order valence-electron chi connectivity index (χ0n) is 24.1. The Morgan fingerprint density at radius 1 is 1.10 bits per heavy atom. The Hall–Kier alpha value is -4.64. The van der Waals surface area contributed by atoms with Gasteiger partial charge in [0.2, 0.25) is 18.6 Å². The van der Waals surface area contributed by atoms with Crippen LogP contribution in [-0.4, -0.2) is 69.9 Å². The van der Waals surface area contributed by atoms with Gasteiger partial charge in [-0.1, -0.05) is 18.2 Å². The van der Waals surface area contributed by atoms with Crippen LogP contribution in [0.4, 0.5) is 5.82 Å². The van der Waals surface area contributed by atoms with Gasteiger partial charge in [-0.3, -0.25) is 14.3 Å². The number of fused-ring (bicyclic) bond motifs is 1. The summed E-state index contributed by atoms with van der Waals surface area (Å²) in [7, 11) is 1.67. The summed E-state index contributed by atoms with van der Waals surface area (Å²) in [6.07, 6.45) is 5.54. The third-order valence-corrected chi connectivity index (χ3v) is 7.69. The largest absolute Gasteiger partial charge is 0.497 e. The van der Waals surface area contributed by atoms with Crippen LogP contribution in [0.3, 0.4) is 0 Å². The van der Waals surface area contributed by atoms with Crippen LogP contribution in [0.5, 0.6) is 17.2 Å². The van der Waals surface area contributed by atoms with Crippen molar-refractivity contribution in [2.24, 2.45) is 0 Å². The fourth-order valence-corrected chi connectivity index (χ4v) is 5.49. The molecule has 4 heterocycles. The normalized spacial score (nSPS) is 17.2. The number of rotatable bonds is 9. The summed E-state index contributed by atoms with van der Waals surface area (Å²) < 4.78 is 18.1. The van der Waals surface area contributed by atoms with Gasteiger partial charge < -0.3 is 24.4 Å². The van der Waals surface area contributed by atoms with Crippen molar-refractivity contribution in [2.45, 2.75) is 38.9 Å². The molecular weight excluding hydrogens is 534 g/mol. The van der Waals surface area contributed by atoms with Gasteiger partial charge in [0.25, 0.3) is 0 Å². The molecule has 6 rings (SSSR count). The number of hydrogen-bond donors (Lipinski definition) is 1. The molecule has 0 spiro atoms. The summed E-state index contributed by atoms with van der Waals surface area (Å²) in [5.74, 6) is 3.60. The molecule has 2 atom stereocenters. The number of methoxy groups -OCH3 is 1. The van der Waals surface area contributed by atoms with Crippen LogP contribution >= 0.6 is 0 Å². The summed E-state index contributed by atoms with van der Waals surface area (Å²) >= 11 is 0. The monoisotopic (exact) mass is 569 g/mol. The fourth-order valence-electron chi connectivity index (χ4n) is 5.49. The molecule has 1 saturated heterocycles. The van der Waals surface area contributed by atoms with E-state index in [0.717, 1.165) is 48.2 Å². The number of ether oxygens (including phenoxy) is 3. The molecule has 2 unspecified atom stereocenters. The van der Waals surface area contributed by atoms with E-state index >= 15 is 0 Å². The maximum atomic E-state index is 13.5. The molecular formula is C31H35N7O4. The molecule has 0 bridgehead atoms. The Bertz CT molecular complexity index is 1530. The Morgan fingerprint density at radius 2 is 1.93 bits per heavy atom. The van der Waals surface area contributed by atoms with E-state index < -0.39 is 0 Å². The molecule has 2 aromatic heterocycles. The molecule has 1 fully saturated rings. The van der Waals surface area contributed by atoms with Crippen LogP contribution in [0.2, 0.25) is 0 Å². The van der Waals surface area contributed by atoms with Crippen LogP contribution in [0.25, 0.3) is 5.95 Å². The highest BCUT2D eigenvalue weighted by atomic mass is 16.7. The Balaban J connectivity index is 1.21. The zero-order chi connectivity index (χ0) is 29.1. The number of nitrogens with zero attached hydrogens (tertiary/aromatic N) is 6. The van der Waals surface area contributed by atoms with Crippen LogP contribution in [0.1, 0.15) is 36.2 Å². The van der Waals surface area contributed by atoms with Crippen molar-refractivity contribution < 1.29 is 19.0 Å². The molecule has 1 amide bonds. The number of aryl methyl sites for hydroxylation is 1. The van der Waals surface area contributed by atoms with Crippen LogP contribution in [0.15, 0.2) is 67.3 Å². The third kappa shape index (κ3) is 6.15. The van der Waals surface area contributed by atoms with Crippen LogP contribution < -0.4 is 24.4 Å². The molecule has 11 heteroatoms. The molecule has 2 aliphatic rings. The quantitative estimate of drug-likeness (QED) is 0.323. The molecule has 218 valence electrons. The lowest BCUT2D eigenvalue weighted by molar-refractivity contribution is -0.122. The van der Waals surface area contributed by atoms with Crippen LogP contribution in [0, 0.1) is 6.92 Å². The van der Waals surface area contributed by atoms with Gasteiger partial charge in [-0.2, -0.15) is 4.98 Å². The molecule has 2 aromatic carbocycles. The molecule has 1 N–H and O–H groups in total. The maximum absolute atomic E-state index is 13.5. The second-order valence-electron chi connectivity index (χ2n) is 10.7. The number of piperazine rings is 1. The van der Waals surface area contributed by atoms with Gasteiger partial charge >= 0.3 is 0 Å². The SMILES string of the molecule is COc1ccc(CN2CCN(c3cc(C)nc(-n4ccnc4)n3)C(CC(=O)NC(C)c3ccc4c(c3)OCO4)C2)cc1. The van der Waals surface area contributed by atoms with E-state index in [1.807, 2.05) is 56.4 Å². The number of aromatic nitrogens is 4. The Morgan fingerprint density at radius 3 is 2.71 bits per heavy atom. The first kappa shape index (κ1) is 27.5. The Labute approximate surface area is 245 Å². The summed E-state index contributed by atoms with van der Waals surface area (Å²) in [6, 6.07) is 15.6. The number of nitrogens with one attached hydrogen (secondary N) is 1. The fraction of sp³-hybridized carbons (Fsp3) is 0.355. The van der Waals surface area contributed by atoms with Gasteiger partial charge in [0, 0.05) is 56.8 Å². The van der Waals surface area contributed by atoms with E-state index in [2.05, 4.69) is 37.2 Å². The number of hydrogen-bond acceptors (Lipinski definition) is 9. The molecule has 2 aliphatic heterocycles. The smallest absolute Gasteiger partial charge is 0.237 e. The summed E-state index contributed by atoms with van der Waals surface area (Å²) in [5, 5.41) is 3.19. The van der Waals surface area contributed by atoms with Crippen molar-refractivity contribution in [2.75, 3.05) is 38.4 Å². The second-order valence-corrected chi connectivity index (χ2v) is 10.7. The number of benzene rings is 2. The van der Waals surface area contributed by atoms with E-state index in [9.17, 15) is 4.79 Å². The minimum Gasteiger partial charge on any atom is -0.497 e. The number of carbonyl (C=O) groups excluding carboxylic acids is 1. The highest BCUT2D eigenvalue weighted by Gasteiger charge is 2.31. The predicted molar refractivity (Wildman–Crippen MR) is 157 cm³/mol. The predicted octanol–water partition coefficient (Wildman–Crippen LogP) is 3.67. The van der Waals surface area contributed by atoms with Gasteiger partial charge in [-0.05, 0) is 49.2 Å². The number of anilines is 1. The van der Waals surface area contributed by atoms with Crippen molar-refractivity contribution in [3.63, 3.8) is 0 Å². The van der Waals surface area contributed by atoms with Gasteiger partial charge in [-0.25, -0.2) is 9.97 Å². The molecule has 0 radical (unpaired) electrons. The third-order valence-electron chi connectivity index (χ3n) is 7.69. The van der Waals surface area contributed by atoms with Crippen molar-refractivity contribution in [3.8, 4) is 23.2 Å². The molecule has 0 saturated carbocycles. The molecule has 0 aliphatic carbocycles. The van der Waals surface area contributed by atoms with Crippen molar-refractivity contribution in [1.82, 2.24) is 29.7 Å². The first-order valence-corrected chi connectivity index (χ1v) is 14.1. The topological polar surface area (TPSA) is 107 Å². The number of amides is 1. The highest BCUT2D eigenvalue weighted by Crippen LogP contribution is 2.34. The van der Waals surface area contributed by atoms with E-state index in [4.69, 9.17) is 19.2 Å². The summed E-state index contributed by atoms with van der Waals surface area (Å²) in [4.78, 5) is 31.7. The van der Waals surface area contributed by atoms with Crippen molar-refractivity contribution in [1.29, 1.82) is 0 Å². The van der Waals surface area contributed by atoms with E-state index in [-0.39, 0.29) is 24.8 Å². The summed E-state index contributed by atoms with van der Waals surface area (Å²) in [6.45, 7) is 7.21. The lowest BCUT2D eigenvalue weighted by atomic mass is 10.0. The van der Waals surface area contributed by atoms with Gasteiger partial charge in [0.1, 0.15) is 17.9 Å². The first-order valence-electron chi connectivity index (χ1n) is 14.1. The van der Waals surface area contributed by atoms with E-state index in [0.29, 0.717) is 24.7 Å². The minimum atomic E-state index is -0.186. The minimum absolute atomic E-state index is 0.0259. The zero-order valence-corrected chi connectivity index (χ0v) is 24.1. The average Bonchev–Trinajstić information content (AvgIpc) is 3.70. The van der Waals surface area contributed by atoms with Crippen LogP contribution in [-0.2, 0) is 11.3 Å². The lowest BCUT2D eigenvalue weighted by Crippen LogP contribution is -2.54. The van der Waals surface area contributed by atoms with E-state index in [1.54, 1.807) is 24.2 Å². The first-order chi connectivity index (χ1) is 20.4. The van der Waals surface area contributed by atoms with Gasteiger partial charge in [0.15, 0.2) is 11.5 Å². The summed E-state index contributed by atoms with van der Waals surface area (Å²) in [5.41, 5.74) is 3.01. The second kappa shape index (κ2) is 12.1. The Kier molecular flexibility index (Phi) is 7.91. The van der Waals surface area contributed by atoms with Crippen molar-refractivity contribution >= 4 is 11.7 Å². The molecule has 42 heavy (non-hydrogen) atoms.